The van der Waals surface area contributed by atoms with Crippen LogP contribution in [0.15, 0.2) is 12.1 Å². The summed E-state index contributed by atoms with van der Waals surface area (Å²) >= 11 is 9.46. The summed E-state index contributed by atoms with van der Waals surface area (Å²) in [5.41, 5.74) is 0.480. The molecule has 0 aliphatic rings. The fourth-order valence-corrected chi connectivity index (χ4v) is 2.80. The zero-order valence-corrected chi connectivity index (χ0v) is 11.4. The lowest BCUT2D eigenvalue weighted by Gasteiger charge is -2.03. The average Bonchev–Trinajstić information content (AvgIpc) is 2.10. The van der Waals surface area contributed by atoms with Crippen LogP contribution in [-0.4, -0.2) is 16.8 Å². The van der Waals surface area contributed by atoms with Gasteiger partial charge in [0.05, 0.1) is 9.45 Å². The number of phenols is 1. The Morgan fingerprint density at radius 2 is 2.00 bits per heavy atom. The molecule has 1 N–H and O–H groups in total. The predicted octanol–water partition coefficient (Wildman–Crippen LogP) is 3.02. The number of rotatable bonds is 2. The van der Waals surface area contributed by atoms with Crippen LogP contribution in [0.4, 0.5) is 0 Å². The van der Waals surface area contributed by atoms with Crippen molar-refractivity contribution in [2.45, 2.75) is 0 Å². The number of halogens is 3. The fourth-order valence-electron chi connectivity index (χ4n) is 0.823. The number of benzene rings is 1. The van der Waals surface area contributed by atoms with Crippen LogP contribution in [0, 0.1) is 7.14 Å². The highest BCUT2D eigenvalue weighted by atomic mass is 127. The van der Waals surface area contributed by atoms with E-state index in [1.165, 1.54) is 6.07 Å². The van der Waals surface area contributed by atoms with Gasteiger partial charge < -0.3 is 5.11 Å². The van der Waals surface area contributed by atoms with Crippen molar-refractivity contribution in [1.29, 1.82) is 0 Å². The van der Waals surface area contributed by atoms with Crippen LogP contribution < -0.4 is 0 Å². The summed E-state index contributed by atoms with van der Waals surface area (Å²) in [4.78, 5) is 11.2. The number of carbonyl (C=O) groups excluding carboxylic acids is 1. The van der Waals surface area contributed by atoms with Gasteiger partial charge in [-0.2, -0.15) is 0 Å². The number of hydrogen-bond acceptors (Lipinski definition) is 2. The van der Waals surface area contributed by atoms with Gasteiger partial charge in [0.2, 0.25) is 0 Å². The van der Waals surface area contributed by atoms with Gasteiger partial charge in [0, 0.05) is 9.13 Å². The Kier molecular flexibility index (Phi) is 4.24. The molecule has 0 aliphatic carbocycles. The number of carbonyl (C=O) groups is 1. The van der Waals surface area contributed by atoms with E-state index in [4.69, 9.17) is 11.6 Å². The molecule has 5 heteroatoms. The molecule has 0 spiro atoms. The van der Waals surface area contributed by atoms with Crippen molar-refractivity contribution in [1.82, 2.24) is 0 Å². The molecule has 1 rings (SSSR count). The van der Waals surface area contributed by atoms with E-state index in [2.05, 4.69) is 0 Å². The maximum atomic E-state index is 11.2. The monoisotopic (exact) mass is 422 g/mol. The topological polar surface area (TPSA) is 37.3 Å². The first-order valence-corrected chi connectivity index (χ1v) is 6.02. The van der Waals surface area contributed by atoms with Gasteiger partial charge in [-0.25, -0.2) is 0 Å². The zero-order valence-electron chi connectivity index (χ0n) is 6.35. The van der Waals surface area contributed by atoms with Crippen LogP contribution in [0.1, 0.15) is 10.4 Å². The van der Waals surface area contributed by atoms with Gasteiger partial charge >= 0.3 is 0 Å². The number of aromatic hydroxyl groups is 1. The lowest BCUT2D eigenvalue weighted by molar-refractivity contribution is 0.102. The zero-order chi connectivity index (χ0) is 10.0. The lowest BCUT2D eigenvalue weighted by atomic mass is 10.1. The molecule has 0 saturated carbocycles. The molecular weight excluding hydrogens is 417 g/mol. The highest BCUT2D eigenvalue weighted by molar-refractivity contribution is 14.1. The molecule has 2 nitrogen and oxygen atoms in total. The van der Waals surface area contributed by atoms with Crippen molar-refractivity contribution in [2.24, 2.45) is 0 Å². The Labute approximate surface area is 108 Å². The smallest absolute Gasteiger partial charge is 0.178 e. The van der Waals surface area contributed by atoms with E-state index in [0.29, 0.717) is 5.56 Å². The maximum Gasteiger partial charge on any atom is 0.178 e. The summed E-state index contributed by atoms with van der Waals surface area (Å²) in [6.07, 6.45) is 0. The van der Waals surface area contributed by atoms with Crippen molar-refractivity contribution in [3.8, 4) is 5.75 Å². The second-order valence-corrected chi connectivity index (χ2v) is 4.93. The third kappa shape index (κ3) is 2.69. The Morgan fingerprint density at radius 3 is 2.54 bits per heavy atom. The van der Waals surface area contributed by atoms with E-state index >= 15 is 0 Å². The Morgan fingerprint density at radius 1 is 1.38 bits per heavy atom. The number of phenolic OH excluding ortho intramolecular Hbond substituents is 1. The van der Waals surface area contributed by atoms with Crippen molar-refractivity contribution in [3.05, 3.63) is 24.8 Å². The fraction of sp³-hybridized carbons (Fsp3) is 0.125. The van der Waals surface area contributed by atoms with Crippen molar-refractivity contribution >= 4 is 62.6 Å². The third-order valence-electron chi connectivity index (χ3n) is 1.46. The largest absolute Gasteiger partial charge is 0.507 e. The summed E-state index contributed by atoms with van der Waals surface area (Å²) in [5, 5.41) is 9.36. The van der Waals surface area contributed by atoms with Crippen molar-refractivity contribution in [3.63, 3.8) is 0 Å². The molecular formula is C8H5ClI2O2. The molecule has 70 valence electrons. The van der Waals surface area contributed by atoms with Gasteiger partial charge in [0.15, 0.2) is 5.78 Å². The quantitative estimate of drug-likeness (QED) is 0.452. The standard InChI is InChI=1S/C8H5ClI2O2/c9-3-8(13)4-1-7(12)6(11)2-5(4)10/h1-2,12H,3H2. The van der Waals surface area contributed by atoms with E-state index in [9.17, 15) is 9.90 Å². The maximum absolute atomic E-state index is 11.2. The second-order valence-electron chi connectivity index (χ2n) is 2.34. The first kappa shape index (κ1) is 11.5. The van der Waals surface area contributed by atoms with Gasteiger partial charge in [0.1, 0.15) is 5.75 Å². The van der Waals surface area contributed by atoms with Gasteiger partial charge in [-0.1, -0.05) is 0 Å². The second kappa shape index (κ2) is 4.79. The average molecular weight is 422 g/mol. The molecule has 1 aromatic carbocycles. The third-order valence-corrected chi connectivity index (χ3v) is 3.46. The number of ketones is 1. The minimum Gasteiger partial charge on any atom is -0.507 e. The van der Waals surface area contributed by atoms with Crippen LogP contribution in [0.25, 0.3) is 0 Å². The van der Waals surface area contributed by atoms with Gasteiger partial charge in [-0.05, 0) is 57.3 Å². The normalized spacial score (nSPS) is 10.1. The van der Waals surface area contributed by atoms with E-state index in [-0.39, 0.29) is 17.4 Å². The SMILES string of the molecule is O=C(CCl)c1cc(O)c(I)cc1I. The first-order valence-electron chi connectivity index (χ1n) is 3.33. The molecule has 0 atom stereocenters. The summed E-state index contributed by atoms with van der Waals surface area (Å²) in [5.74, 6) is -0.108. The van der Waals surface area contributed by atoms with Crippen LogP contribution in [0.5, 0.6) is 5.75 Å². The predicted molar refractivity (Wildman–Crippen MR) is 68.6 cm³/mol. The number of Topliss-reactive ketones (excluding diaryl/α,β-unsaturated/α-hetero) is 1. The number of alkyl halides is 1. The molecule has 0 bridgehead atoms. The molecule has 0 aromatic heterocycles. The highest BCUT2D eigenvalue weighted by Crippen LogP contribution is 2.25. The Hall–Kier alpha value is 0.440. The van der Waals surface area contributed by atoms with Crippen molar-refractivity contribution < 1.29 is 9.90 Å². The van der Waals surface area contributed by atoms with Crippen LogP contribution in [0.2, 0.25) is 0 Å². The number of hydrogen-bond donors (Lipinski definition) is 1. The molecule has 0 unspecified atom stereocenters. The molecule has 0 heterocycles. The van der Waals surface area contributed by atoms with Crippen molar-refractivity contribution in [2.75, 3.05) is 5.88 Å². The summed E-state index contributed by atoms with van der Waals surface area (Å²) in [6.45, 7) is 0. The van der Waals surface area contributed by atoms with E-state index in [1.54, 1.807) is 6.07 Å². The summed E-state index contributed by atoms with van der Waals surface area (Å²) in [6, 6.07) is 3.20. The van der Waals surface area contributed by atoms with Crippen LogP contribution in [0.3, 0.4) is 0 Å². The van der Waals surface area contributed by atoms with E-state index < -0.39 is 0 Å². The molecule has 0 fully saturated rings. The van der Waals surface area contributed by atoms with E-state index in [0.717, 1.165) is 7.14 Å². The molecule has 0 saturated heterocycles. The molecule has 0 aliphatic heterocycles. The Balaban J connectivity index is 3.23. The van der Waals surface area contributed by atoms with Crippen LogP contribution in [-0.2, 0) is 0 Å². The van der Waals surface area contributed by atoms with Gasteiger partial charge in [-0.15, -0.1) is 11.6 Å². The minimum absolute atomic E-state index is 0.0595. The Bertz CT molecular complexity index is 352. The van der Waals surface area contributed by atoms with Gasteiger partial charge in [-0.3, -0.25) is 4.79 Å². The minimum atomic E-state index is -0.169. The summed E-state index contributed by atoms with van der Waals surface area (Å²) in [7, 11) is 0. The van der Waals surface area contributed by atoms with Crippen LogP contribution >= 0.6 is 56.8 Å². The lowest BCUT2D eigenvalue weighted by Crippen LogP contribution is -2.03. The summed E-state index contributed by atoms with van der Waals surface area (Å²) < 4.78 is 1.54. The molecule has 0 amide bonds. The molecule has 0 radical (unpaired) electrons. The molecule has 13 heavy (non-hydrogen) atoms. The van der Waals surface area contributed by atoms with Gasteiger partial charge in [0.25, 0.3) is 0 Å². The first-order chi connectivity index (χ1) is 6.06. The highest BCUT2D eigenvalue weighted by Gasteiger charge is 2.11. The molecule has 1 aromatic rings. The van der Waals surface area contributed by atoms with E-state index in [1.807, 2.05) is 45.2 Å².